The number of carboxylic acids is 1. The summed E-state index contributed by atoms with van der Waals surface area (Å²) >= 11 is 0. The number of nitrogens with zero attached hydrogens (tertiary/aromatic N) is 1. The molecule has 1 unspecified atom stereocenters. The van der Waals surface area contributed by atoms with Crippen molar-refractivity contribution in [1.29, 1.82) is 0 Å². The Kier molecular flexibility index (Phi) is 7.27. The van der Waals surface area contributed by atoms with Gasteiger partial charge >= 0.3 is 5.97 Å². The lowest BCUT2D eigenvalue weighted by atomic mass is 9.67. The van der Waals surface area contributed by atoms with E-state index in [1.165, 1.54) is 0 Å². The second-order valence-corrected chi connectivity index (χ2v) is 8.98. The first-order valence-electron chi connectivity index (χ1n) is 12.3. The number of aliphatic carboxylic acids is 1. The summed E-state index contributed by atoms with van der Waals surface area (Å²) in [7, 11) is 0. The van der Waals surface area contributed by atoms with Crippen LogP contribution in [0.1, 0.15) is 29.5 Å². The number of pyridine rings is 1. The van der Waals surface area contributed by atoms with E-state index >= 15 is 0 Å². The molecule has 5 N–H and O–H groups in total. The molecule has 3 heterocycles. The van der Waals surface area contributed by atoms with Crippen molar-refractivity contribution >= 4 is 16.9 Å². The Hall–Kier alpha value is -3.72. The molecule has 8 nitrogen and oxygen atoms in total. The van der Waals surface area contributed by atoms with Crippen LogP contribution in [0.5, 0.6) is 5.75 Å². The average molecular weight is 486 g/mol. The van der Waals surface area contributed by atoms with Gasteiger partial charge in [-0.1, -0.05) is 30.3 Å². The molecule has 1 atom stereocenters. The summed E-state index contributed by atoms with van der Waals surface area (Å²) in [6.45, 7) is 3.40. The minimum Gasteiger partial charge on any atom is -0.493 e. The summed E-state index contributed by atoms with van der Waals surface area (Å²) in [6.07, 6.45) is 6.31. The molecule has 1 fully saturated rings. The van der Waals surface area contributed by atoms with Gasteiger partial charge in [-0.15, -0.1) is 0 Å². The zero-order chi connectivity index (χ0) is 24.8. The monoisotopic (exact) mass is 485 g/mol. The van der Waals surface area contributed by atoms with E-state index in [2.05, 4.69) is 25.9 Å². The van der Waals surface area contributed by atoms with E-state index in [4.69, 9.17) is 4.74 Å². The number of benzene rings is 2. The lowest BCUT2D eigenvalue weighted by Crippen LogP contribution is -2.45. The van der Waals surface area contributed by atoms with Crippen LogP contribution in [0.3, 0.4) is 0 Å². The van der Waals surface area contributed by atoms with Gasteiger partial charge in [0, 0.05) is 55.2 Å². The predicted octanol–water partition coefficient (Wildman–Crippen LogP) is 3.21. The van der Waals surface area contributed by atoms with Crippen LogP contribution >= 0.6 is 0 Å². The Balaban J connectivity index is 1.43. The Morgan fingerprint density at radius 1 is 1.06 bits per heavy atom. The summed E-state index contributed by atoms with van der Waals surface area (Å²) in [5.41, 5.74) is 2.72. The molecular formula is C28H31N5O3. The molecule has 36 heavy (non-hydrogen) atoms. The second-order valence-electron chi connectivity index (χ2n) is 8.98. The first-order chi connectivity index (χ1) is 17.7. The van der Waals surface area contributed by atoms with E-state index in [9.17, 15) is 9.90 Å². The van der Waals surface area contributed by atoms with E-state index in [1.54, 1.807) is 12.4 Å². The summed E-state index contributed by atoms with van der Waals surface area (Å²) in [6, 6.07) is 19.6. The van der Waals surface area contributed by atoms with E-state index in [0.29, 0.717) is 6.61 Å². The number of fused-ring (bicyclic) bond motifs is 1. The minimum absolute atomic E-state index is 0.0933. The lowest BCUT2D eigenvalue weighted by molar-refractivity contribution is -0.137. The quantitative estimate of drug-likeness (QED) is 0.208. The molecule has 0 aliphatic carbocycles. The van der Waals surface area contributed by atoms with Crippen molar-refractivity contribution in [2.75, 3.05) is 26.2 Å². The maximum atomic E-state index is 12.2. The molecule has 0 bridgehead atoms. The number of carbonyl (C=O) groups is 1. The van der Waals surface area contributed by atoms with Gasteiger partial charge in [0.15, 0.2) is 0 Å². The van der Waals surface area contributed by atoms with Crippen LogP contribution in [0.15, 0.2) is 79.3 Å². The summed E-state index contributed by atoms with van der Waals surface area (Å²) in [4.78, 5) is 19.8. The molecule has 186 valence electrons. The number of H-pyrrole nitrogens is 1. The molecule has 5 rings (SSSR count). The third kappa shape index (κ3) is 4.97. The third-order valence-electron chi connectivity index (χ3n) is 6.73. The largest absolute Gasteiger partial charge is 0.493 e. The van der Waals surface area contributed by atoms with E-state index < -0.39 is 11.4 Å². The number of ether oxygens (including phenoxy) is 1. The van der Waals surface area contributed by atoms with Crippen molar-refractivity contribution in [2.45, 2.75) is 24.5 Å². The standard InChI is InChI=1S/C28H31N5O3/c34-26(35)18-28(20-5-2-1-3-6-20,21-9-12-29-13-10-21)24-19-33-25-17-22(7-8-23(24)25)36-16-4-11-30-27-31-14-15-32-27/h1-3,5-10,12-13,17,19,27,30-33H,4,11,14-16,18H2,(H,34,35). The Morgan fingerprint density at radius 2 is 1.81 bits per heavy atom. The number of carboxylic acid groups (broad SMARTS) is 1. The summed E-state index contributed by atoms with van der Waals surface area (Å²) in [5.74, 6) is -0.0953. The van der Waals surface area contributed by atoms with Crippen LogP contribution in [0, 0.1) is 0 Å². The van der Waals surface area contributed by atoms with Crippen LogP contribution in [0.25, 0.3) is 10.9 Å². The predicted molar refractivity (Wildman–Crippen MR) is 139 cm³/mol. The number of hydrogen-bond donors (Lipinski definition) is 5. The highest BCUT2D eigenvalue weighted by Crippen LogP contribution is 2.45. The van der Waals surface area contributed by atoms with Crippen molar-refractivity contribution in [3.05, 3.63) is 95.9 Å². The van der Waals surface area contributed by atoms with Gasteiger partial charge in [0.2, 0.25) is 0 Å². The fourth-order valence-corrected chi connectivity index (χ4v) is 5.07. The minimum atomic E-state index is -0.884. The Bertz CT molecular complexity index is 1250. The molecule has 1 saturated heterocycles. The van der Waals surface area contributed by atoms with E-state index in [1.807, 2.05) is 66.9 Å². The van der Waals surface area contributed by atoms with Crippen LogP contribution in [-0.2, 0) is 10.2 Å². The van der Waals surface area contributed by atoms with Gasteiger partial charge < -0.3 is 14.8 Å². The van der Waals surface area contributed by atoms with Crippen molar-refractivity contribution in [3.8, 4) is 5.75 Å². The van der Waals surface area contributed by atoms with Gasteiger partial charge in [-0.2, -0.15) is 0 Å². The smallest absolute Gasteiger partial charge is 0.304 e. The maximum Gasteiger partial charge on any atom is 0.304 e. The van der Waals surface area contributed by atoms with Gasteiger partial charge in [-0.25, -0.2) is 0 Å². The number of nitrogens with one attached hydrogen (secondary N) is 4. The van der Waals surface area contributed by atoms with Crippen molar-refractivity contribution < 1.29 is 14.6 Å². The molecular weight excluding hydrogens is 454 g/mol. The van der Waals surface area contributed by atoms with E-state index in [-0.39, 0.29) is 12.7 Å². The van der Waals surface area contributed by atoms with Gasteiger partial charge in [-0.05, 0) is 47.4 Å². The molecule has 0 spiro atoms. The fraction of sp³-hybridized carbons (Fsp3) is 0.286. The van der Waals surface area contributed by atoms with Gasteiger partial charge in [0.25, 0.3) is 0 Å². The van der Waals surface area contributed by atoms with Crippen molar-refractivity contribution in [1.82, 2.24) is 25.9 Å². The maximum absolute atomic E-state index is 12.2. The molecule has 1 aliphatic heterocycles. The Labute approximate surface area is 210 Å². The molecule has 0 amide bonds. The van der Waals surface area contributed by atoms with Gasteiger partial charge in [0.05, 0.1) is 18.4 Å². The fourth-order valence-electron chi connectivity index (χ4n) is 5.07. The highest BCUT2D eigenvalue weighted by Gasteiger charge is 2.40. The molecule has 8 heteroatoms. The zero-order valence-electron chi connectivity index (χ0n) is 20.0. The average Bonchev–Trinajstić information content (AvgIpc) is 3.58. The number of hydrogen-bond acceptors (Lipinski definition) is 6. The van der Waals surface area contributed by atoms with Gasteiger partial charge in [0.1, 0.15) is 12.0 Å². The molecule has 1 aliphatic rings. The van der Waals surface area contributed by atoms with Crippen molar-refractivity contribution in [3.63, 3.8) is 0 Å². The highest BCUT2D eigenvalue weighted by molar-refractivity contribution is 5.88. The third-order valence-corrected chi connectivity index (χ3v) is 6.73. The molecule has 0 saturated carbocycles. The molecule has 0 radical (unpaired) electrons. The number of aromatic nitrogens is 2. The van der Waals surface area contributed by atoms with Gasteiger partial charge in [-0.3, -0.25) is 25.7 Å². The summed E-state index contributed by atoms with van der Waals surface area (Å²) in [5, 5.41) is 21.1. The first-order valence-corrected chi connectivity index (χ1v) is 12.3. The lowest BCUT2D eigenvalue weighted by Gasteiger charge is -2.34. The van der Waals surface area contributed by atoms with Crippen LogP contribution in [0.4, 0.5) is 0 Å². The molecule has 2 aromatic carbocycles. The topological polar surface area (TPSA) is 111 Å². The number of rotatable bonds is 11. The van der Waals surface area contributed by atoms with E-state index in [0.717, 1.165) is 59.4 Å². The number of aromatic amines is 1. The second kappa shape index (κ2) is 10.9. The zero-order valence-corrected chi connectivity index (χ0v) is 20.0. The Morgan fingerprint density at radius 3 is 2.56 bits per heavy atom. The SMILES string of the molecule is O=C(O)CC(c1ccccc1)(c1ccncc1)c1c[nH]c2cc(OCCCNC3NCCN3)ccc12. The first kappa shape index (κ1) is 24.0. The van der Waals surface area contributed by atoms with Crippen LogP contribution < -0.4 is 20.7 Å². The highest BCUT2D eigenvalue weighted by atomic mass is 16.5. The van der Waals surface area contributed by atoms with Crippen molar-refractivity contribution in [2.24, 2.45) is 0 Å². The normalized spacial score (nSPS) is 15.7. The summed E-state index contributed by atoms with van der Waals surface area (Å²) < 4.78 is 6.00. The molecule has 4 aromatic rings. The van der Waals surface area contributed by atoms with Crippen LogP contribution in [-0.4, -0.2) is 53.6 Å². The van der Waals surface area contributed by atoms with Crippen LogP contribution in [0.2, 0.25) is 0 Å². The molecule has 2 aromatic heterocycles.